The summed E-state index contributed by atoms with van der Waals surface area (Å²) in [4.78, 5) is 12.5. The van der Waals surface area contributed by atoms with Crippen molar-refractivity contribution in [2.24, 2.45) is 0 Å². The van der Waals surface area contributed by atoms with E-state index in [2.05, 4.69) is 21.2 Å². The van der Waals surface area contributed by atoms with E-state index in [1.807, 2.05) is 0 Å². The summed E-state index contributed by atoms with van der Waals surface area (Å²) < 4.78 is 25.2. The molecule has 0 bridgehead atoms. The summed E-state index contributed by atoms with van der Waals surface area (Å²) in [6, 6.07) is 11.5. The Morgan fingerprint density at radius 2 is 1.87 bits per heavy atom. The molecule has 0 aromatic heterocycles. The summed E-state index contributed by atoms with van der Waals surface area (Å²) in [6.07, 6.45) is 1.08. The molecule has 0 aliphatic carbocycles. The second-order valence-electron chi connectivity index (χ2n) is 4.83. The van der Waals surface area contributed by atoms with Crippen LogP contribution in [0.3, 0.4) is 0 Å². The predicted molar refractivity (Wildman–Crippen MR) is 96.8 cm³/mol. The van der Waals surface area contributed by atoms with E-state index < -0.39 is 15.9 Å². The monoisotopic (exact) mass is 416 g/mol. The molecular formula is C15H14BrClN2O3S. The van der Waals surface area contributed by atoms with E-state index in [-0.39, 0.29) is 5.56 Å². The van der Waals surface area contributed by atoms with Gasteiger partial charge in [0.15, 0.2) is 0 Å². The van der Waals surface area contributed by atoms with Crippen molar-refractivity contribution in [2.45, 2.75) is 0 Å². The molecule has 23 heavy (non-hydrogen) atoms. The first-order valence-corrected chi connectivity index (χ1v) is 9.51. The molecule has 5 nitrogen and oxygen atoms in total. The number of carbonyl (C=O) groups is 1. The number of rotatable bonds is 4. The van der Waals surface area contributed by atoms with Crippen LogP contribution in [0.1, 0.15) is 10.4 Å². The summed E-state index contributed by atoms with van der Waals surface area (Å²) in [7, 11) is -2.07. The van der Waals surface area contributed by atoms with Gasteiger partial charge in [0, 0.05) is 17.2 Å². The largest absolute Gasteiger partial charge is 0.322 e. The van der Waals surface area contributed by atoms with Crippen molar-refractivity contribution in [3.63, 3.8) is 0 Å². The number of carbonyl (C=O) groups excluding carboxylic acids is 1. The van der Waals surface area contributed by atoms with Crippen LogP contribution in [0.2, 0.25) is 5.02 Å². The minimum absolute atomic E-state index is 0.250. The Morgan fingerprint density at radius 3 is 2.48 bits per heavy atom. The van der Waals surface area contributed by atoms with Crippen molar-refractivity contribution in [1.82, 2.24) is 0 Å². The Kier molecular flexibility index (Phi) is 5.33. The molecular weight excluding hydrogens is 404 g/mol. The third kappa shape index (κ3) is 4.25. The van der Waals surface area contributed by atoms with E-state index >= 15 is 0 Å². The van der Waals surface area contributed by atoms with Gasteiger partial charge in [-0.1, -0.05) is 23.7 Å². The summed E-state index contributed by atoms with van der Waals surface area (Å²) in [6.45, 7) is 0. The van der Waals surface area contributed by atoms with Crippen LogP contribution >= 0.6 is 27.5 Å². The van der Waals surface area contributed by atoms with Gasteiger partial charge in [-0.25, -0.2) is 8.42 Å². The highest BCUT2D eigenvalue weighted by Crippen LogP contribution is 2.27. The predicted octanol–water partition coefficient (Wildman–Crippen LogP) is 3.75. The lowest BCUT2D eigenvalue weighted by molar-refractivity contribution is 0.102. The van der Waals surface area contributed by atoms with Gasteiger partial charge in [-0.05, 0) is 46.3 Å². The number of halogens is 2. The molecule has 0 saturated heterocycles. The Labute approximate surface area is 148 Å². The van der Waals surface area contributed by atoms with Gasteiger partial charge in [0.05, 0.1) is 22.5 Å². The Balaban J connectivity index is 2.35. The highest BCUT2D eigenvalue weighted by molar-refractivity contribution is 9.10. The van der Waals surface area contributed by atoms with Crippen LogP contribution in [-0.2, 0) is 10.0 Å². The molecule has 0 aliphatic heterocycles. The summed E-state index contributed by atoms with van der Waals surface area (Å²) in [5.41, 5.74) is 1.06. The zero-order chi connectivity index (χ0) is 17.2. The van der Waals surface area contributed by atoms with Gasteiger partial charge >= 0.3 is 0 Å². The van der Waals surface area contributed by atoms with Gasteiger partial charge in [-0.15, -0.1) is 0 Å². The zero-order valence-corrected chi connectivity index (χ0v) is 15.5. The second kappa shape index (κ2) is 6.90. The van der Waals surface area contributed by atoms with Crippen molar-refractivity contribution in [3.05, 3.63) is 57.5 Å². The van der Waals surface area contributed by atoms with Crippen LogP contribution < -0.4 is 9.62 Å². The van der Waals surface area contributed by atoms with Crippen LogP contribution in [0.4, 0.5) is 11.4 Å². The molecule has 2 rings (SSSR count). The fourth-order valence-corrected chi connectivity index (χ4v) is 2.83. The molecule has 0 aliphatic rings. The normalized spacial score (nSPS) is 11.1. The summed E-state index contributed by atoms with van der Waals surface area (Å²) in [5, 5.41) is 3.17. The SMILES string of the molecule is CN(c1ccccc1C(=O)Nc1ccc(Br)c(Cl)c1)S(C)(=O)=O. The molecule has 2 aromatic carbocycles. The van der Waals surface area contributed by atoms with Crippen LogP contribution in [0.25, 0.3) is 0 Å². The average Bonchev–Trinajstić information content (AvgIpc) is 2.49. The number of amides is 1. The maximum absolute atomic E-state index is 12.5. The van der Waals surface area contributed by atoms with Crippen LogP contribution in [0.15, 0.2) is 46.9 Å². The smallest absolute Gasteiger partial charge is 0.257 e. The fraction of sp³-hybridized carbons (Fsp3) is 0.133. The molecule has 122 valence electrons. The van der Waals surface area contributed by atoms with Crippen LogP contribution in [0, 0.1) is 0 Å². The van der Waals surface area contributed by atoms with Gasteiger partial charge in [-0.2, -0.15) is 0 Å². The van der Waals surface area contributed by atoms with Crippen molar-refractivity contribution < 1.29 is 13.2 Å². The van der Waals surface area contributed by atoms with Gasteiger partial charge < -0.3 is 5.32 Å². The number of sulfonamides is 1. The standard InChI is InChI=1S/C15H14BrClN2O3S/c1-19(23(2,21)22)14-6-4-3-5-11(14)15(20)18-10-7-8-12(16)13(17)9-10/h3-9H,1-2H3,(H,18,20). The number of hydrogen-bond donors (Lipinski definition) is 1. The quantitative estimate of drug-likeness (QED) is 0.824. The molecule has 0 spiro atoms. The first-order chi connectivity index (χ1) is 10.7. The van der Waals surface area contributed by atoms with Crippen molar-refractivity contribution in [1.29, 1.82) is 0 Å². The molecule has 0 fully saturated rings. The molecule has 0 radical (unpaired) electrons. The maximum Gasteiger partial charge on any atom is 0.257 e. The van der Waals surface area contributed by atoms with E-state index in [0.717, 1.165) is 15.0 Å². The molecule has 1 amide bonds. The van der Waals surface area contributed by atoms with Crippen molar-refractivity contribution in [2.75, 3.05) is 22.9 Å². The molecule has 0 unspecified atom stereocenters. The summed E-state index contributed by atoms with van der Waals surface area (Å²) in [5.74, 6) is -0.422. The average molecular weight is 418 g/mol. The highest BCUT2D eigenvalue weighted by atomic mass is 79.9. The number of para-hydroxylation sites is 1. The summed E-state index contributed by atoms with van der Waals surface area (Å²) >= 11 is 9.27. The fourth-order valence-electron chi connectivity index (χ4n) is 1.89. The second-order valence-corrected chi connectivity index (χ2v) is 8.11. The van der Waals surface area contributed by atoms with Gasteiger partial charge in [-0.3, -0.25) is 9.10 Å². The van der Waals surface area contributed by atoms with Crippen LogP contribution in [0.5, 0.6) is 0 Å². The number of anilines is 2. The Hall–Kier alpha value is -1.57. The number of benzene rings is 2. The van der Waals surface area contributed by atoms with Gasteiger partial charge in [0.2, 0.25) is 10.0 Å². The highest BCUT2D eigenvalue weighted by Gasteiger charge is 2.19. The Bertz CT molecular complexity index is 856. The van der Waals surface area contributed by atoms with Gasteiger partial charge in [0.25, 0.3) is 5.91 Å². The molecule has 0 saturated carbocycles. The minimum atomic E-state index is -3.47. The lowest BCUT2D eigenvalue weighted by Crippen LogP contribution is -2.27. The molecule has 2 aromatic rings. The van der Waals surface area contributed by atoms with Crippen molar-refractivity contribution >= 4 is 54.8 Å². The van der Waals surface area contributed by atoms with E-state index in [0.29, 0.717) is 16.4 Å². The number of nitrogens with one attached hydrogen (secondary N) is 1. The lowest BCUT2D eigenvalue weighted by atomic mass is 10.1. The van der Waals surface area contributed by atoms with Gasteiger partial charge in [0.1, 0.15) is 0 Å². The molecule has 0 atom stereocenters. The van der Waals surface area contributed by atoms with Crippen LogP contribution in [-0.4, -0.2) is 27.6 Å². The van der Waals surface area contributed by atoms with E-state index in [1.165, 1.54) is 7.05 Å². The van der Waals surface area contributed by atoms with Crippen molar-refractivity contribution in [3.8, 4) is 0 Å². The molecule has 8 heteroatoms. The third-order valence-electron chi connectivity index (χ3n) is 3.16. The zero-order valence-electron chi connectivity index (χ0n) is 12.4. The Morgan fingerprint density at radius 1 is 1.22 bits per heavy atom. The maximum atomic E-state index is 12.5. The first kappa shape index (κ1) is 17.8. The molecule has 1 N–H and O–H groups in total. The first-order valence-electron chi connectivity index (χ1n) is 6.49. The third-order valence-corrected chi connectivity index (χ3v) is 5.59. The van der Waals surface area contributed by atoms with E-state index in [1.54, 1.807) is 42.5 Å². The van der Waals surface area contributed by atoms with E-state index in [4.69, 9.17) is 11.6 Å². The number of nitrogens with zero attached hydrogens (tertiary/aromatic N) is 1. The van der Waals surface area contributed by atoms with E-state index in [9.17, 15) is 13.2 Å². The minimum Gasteiger partial charge on any atom is -0.322 e. The lowest BCUT2D eigenvalue weighted by Gasteiger charge is -2.19. The number of hydrogen-bond acceptors (Lipinski definition) is 3. The molecule has 0 heterocycles. The topological polar surface area (TPSA) is 66.5 Å².